The number of nitrogens with zero attached hydrogens (tertiary/aromatic N) is 3. The Morgan fingerprint density at radius 1 is 1.23 bits per heavy atom. The van der Waals surface area contributed by atoms with Crippen LogP contribution in [0.4, 0.5) is 11.6 Å². The number of fused-ring (bicyclic) bond motifs is 1. The van der Waals surface area contributed by atoms with Crippen LogP contribution in [-0.4, -0.2) is 27.4 Å². The van der Waals surface area contributed by atoms with E-state index in [0.29, 0.717) is 18.8 Å². The first-order chi connectivity index (χ1) is 10.7. The molecule has 0 atom stereocenters. The van der Waals surface area contributed by atoms with E-state index in [4.69, 9.17) is 0 Å². The number of anilines is 2. The van der Waals surface area contributed by atoms with Gasteiger partial charge in [-0.05, 0) is 30.0 Å². The van der Waals surface area contributed by atoms with Crippen molar-refractivity contribution in [1.82, 2.24) is 15.0 Å². The van der Waals surface area contributed by atoms with Gasteiger partial charge < -0.3 is 10.6 Å². The minimum absolute atomic E-state index is 0.0838. The highest BCUT2D eigenvalue weighted by Gasteiger charge is 2.06. The molecule has 0 aliphatic heterocycles. The molecule has 0 fully saturated rings. The predicted octanol–water partition coefficient (Wildman–Crippen LogP) is 2.84. The van der Waals surface area contributed by atoms with Gasteiger partial charge in [0.1, 0.15) is 22.8 Å². The van der Waals surface area contributed by atoms with Gasteiger partial charge in [0.2, 0.25) is 5.91 Å². The standard InChI is InChI=1S/C15H15N5OS/c1-10-2-3-12(17-8-10)20-13(21)4-6-16-14-11-5-7-22-15(11)19-9-18-14/h2-3,5,7-9H,4,6H2,1H3,(H,16,18,19)(H,17,20,21). The molecule has 7 heteroatoms. The van der Waals surface area contributed by atoms with Gasteiger partial charge in [-0.3, -0.25) is 4.79 Å². The van der Waals surface area contributed by atoms with Crippen LogP contribution in [0.25, 0.3) is 10.2 Å². The largest absolute Gasteiger partial charge is 0.369 e. The summed E-state index contributed by atoms with van der Waals surface area (Å²) in [5.74, 6) is 1.24. The zero-order valence-corrected chi connectivity index (χ0v) is 12.9. The molecule has 3 aromatic heterocycles. The molecule has 0 aromatic carbocycles. The second kappa shape index (κ2) is 6.48. The van der Waals surface area contributed by atoms with Gasteiger partial charge >= 0.3 is 0 Å². The van der Waals surface area contributed by atoms with E-state index in [9.17, 15) is 4.79 Å². The SMILES string of the molecule is Cc1ccc(NC(=O)CCNc2ncnc3sccc23)nc1. The first-order valence-corrected chi connectivity index (χ1v) is 7.75. The Morgan fingerprint density at radius 3 is 2.95 bits per heavy atom. The van der Waals surface area contributed by atoms with Crippen LogP contribution in [0.5, 0.6) is 0 Å². The number of thiophene rings is 1. The van der Waals surface area contributed by atoms with Gasteiger partial charge in [-0.25, -0.2) is 15.0 Å². The third kappa shape index (κ3) is 3.37. The van der Waals surface area contributed by atoms with Crippen molar-refractivity contribution in [2.24, 2.45) is 0 Å². The van der Waals surface area contributed by atoms with E-state index >= 15 is 0 Å². The van der Waals surface area contributed by atoms with Crippen LogP contribution in [0.15, 0.2) is 36.1 Å². The highest BCUT2D eigenvalue weighted by molar-refractivity contribution is 7.16. The molecule has 0 saturated carbocycles. The number of amides is 1. The molecule has 0 spiro atoms. The van der Waals surface area contributed by atoms with Crippen LogP contribution >= 0.6 is 11.3 Å². The van der Waals surface area contributed by atoms with Crippen LogP contribution in [0.1, 0.15) is 12.0 Å². The Balaban J connectivity index is 1.53. The zero-order valence-electron chi connectivity index (χ0n) is 12.0. The molecule has 112 valence electrons. The van der Waals surface area contributed by atoms with Gasteiger partial charge in [0.15, 0.2) is 0 Å². The van der Waals surface area contributed by atoms with Crippen LogP contribution < -0.4 is 10.6 Å². The van der Waals surface area contributed by atoms with Gasteiger partial charge in [0.05, 0.1) is 5.39 Å². The summed E-state index contributed by atoms with van der Waals surface area (Å²) in [6, 6.07) is 5.67. The van der Waals surface area contributed by atoms with E-state index in [1.165, 1.54) is 6.33 Å². The maximum Gasteiger partial charge on any atom is 0.227 e. The molecule has 0 unspecified atom stereocenters. The molecule has 0 aliphatic carbocycles. The quantitative estimate of drug-likeness (QED) is 0.757. The van der Waals surface area contributed by atoms with Crippen molar-refractivity contribution in [1.29, 1.82) is 0 Å². The molecule has 0 bridgehead atoms. The van der Waals surface area contributed by atoms with Crippen molar-refractivity contribution < 1.29 is 4.79 Å². The lowest BCUT2D eigenvalue weighted by Crippen LogP contribution is -2.17. The maximum atomic E-state index is 11.9. The second-order valence-electron chi connectivity index (χ2n) is 4.81. The van der Waals surface area contributed by atoms with Crippen molar-refractivity contribution in [3.05, 3.63) is 41.7 Å². The minimum Gasteiger partial charge on any atom is -0.369 e. The number of carbonyl (C=O) groups is 1. The highest BCUT2D eigenvalue weighted by Crippen LogP contribution is 2.23. The van der Waals surface area contributed by atoms with Gasteiger partial charge in [0, 0.05) is 19.2 Å². The molecule has 3 heterocycles. The number of rotatable bonds is 5. The molecule has 3 rings (SSSR count). The normalized spacial score (nSPS) is 10.6. The lowest BCUT2D eigenvalue weighted by molar-refractivity contribution is -0.116. The van der Waals surface area contributed by atoms with E-state index in [-0.39, 0.29) is 5.91 Å². The summed E-state index contributed by atoms with van der Waals surface area (Å²) in [5.41, 5.74) is 1.06. The zero-order chi connectivity index (χ0) is 15.4. The molecular weight excluding hydrogens is 298 g/mol. The summed E-state index contributed by atoms with van der Waals surface area (Å²) < 4.78 is 0. The van der Waals surface area contributed by atoms with Crippen LogP contribution in [-0.2, 0) is 4.79 Å². The van der Waals surface area contributed by atoms with Crippen molar-refractivity contribution in [3.63, 3.8) is 0 Å². The fourth-order valence-corrected chi connectivity index (χ4v) is 2.71. The van der Waals surface area contributed by atoms with Gasteiger partial charge in [-0.2, -0.15) is 0 Å². The Labute approximate surface area is 131 Å². The molecule has 0 aliphatic rings. The molecule has 22 heavy (non-hydrogen) atoms. The van der Waals surface area contributed by atoms with Gasteiger partial charge in [-0.1, -0.05) is 6.07 Å². The Morgan fingerprint density at radius 2 is 2.14 bits per heavy atom. The van der Waals surface area contributed by atoms with E-state index in [0.717, 1.165) is 21.6 Å². The number of hydrogen-bond donors (Lipinski definition) is 2. The molecule has 0 radical (unpaired) electrons. The molecule has 2 N–H and O–H groups in total. The first kappa shape index (κ1) is 14.4. The predicted molar refractivity (Wildman–Crippen MR) is 88.1 cm³/mol. The second-order valence-corrected chi connectivity index (χ2v) is 5.70. The fourth-order valence-electron chi connectivity index (χ4n) is 1.97. The highest BCUT2D eigenvalue weighted by atomic mass is 32.1. The van der Waals surface area contributed by atoms with Crippen molar-refractivity contribution >= 4 is 39.1 Å². The van der Waals surface area contributed by atoms with Crippen molar-refractivity contribution in [2.45, 2.75) is 13.3 Å². The summed E-state index contributed by atoms with van der Waals surface area (Å²) in [5, 5.41) is 8.89. The van der Waals surface area contributed by atoms with E-state index in [1.54, 1.807) is 23.6 Å². The first-order valence-electron chi connectivity index (χ1n) is 6.87. The molecule has 3 aromatic rings. The van der Waals surface area contributed by atoms with Gasteiger partial charge in [0.25, 0.3) is 0 Å². The maximum absolute atomic E-state index is 11.9. The monoisotopic (exact) mass is 313 g/mol. The van der Waals surface area contributed by atoms with Gasteiger partial charge in [-0.15, -0.1) is 11.3 Å². The summed E-state index contributed by atoms with van der Waals surface area (Å²) in [6.45, 7) is 2.45. The Kier molecular flexibility index (Phi) is 4.24. The minimum atomic E-state index is -0.0838. The van der Waals surface area contributed by atoms with Crippen LogP contribution in [0.2, 0.25) is 0 Å². The smallest absolute Gasteiger partial charge is 0.227 e. The average molecular weight is 313 g/mol. The average Bonchev–Trinajstić information content (AvgIpc) is 2.99. The molecule has 6 nitrogen and oxygen atoms in total. The molecule has 1 amide bonds. The summed E-state index contributed by atoms with van der Waals surface area (Å²) >= 11 is 1.57. The third-order valence-corrected chi connectivity index (χ3v) is 3.91. The topological polar surface area (TPSA) is 79.8 Å². The summed E-state index contributed by atoms with van der Waals surface area (Å²) in [6.07, 6.45) is 3.59. The van der Waals surface area contributed by atoms with Crippen molar-refractivity contribution in [2.75, 3.05) is 17.2 Å². The fraction of sp³-hybridized carbons (Fsp3) is 0.200. The number of pyridine rings is 1. The number of hydrogen-bond acceptors (Lipinski definition) is 6. The van der Waals surface area contributed by atoms with E-state index in [2.05, 4.69) is 25.6 Å². The number of carbonyl (C=O) groups excluding carboxylic acids is 1. The number of aryl methyl sites for hydroxylation is 1. The van der Waals surface area contributed by atoms with E-state index in [1.807, 2.05) is 24.4 Å². The Hall–Kier alpha value is -2.54. The third-order valence-electron chi connectivity index (χ3n) is 3.09. The lowest BCUT2D eigenvalue weighted by Gasteiger charge is -2.07. The summed E-state index contributed by atoms with van der Waals surface area (Å²) in [4.78, 5) is 25.4. The van der Waals surface area contributed by atoms with Crippen LogP contribution in [0, 0.1) is 6.92 Å². The molecular formula is C15H15N5OS. The van der Waals surface area contributed by atoms with E-state index < -0.39 is 0 Å². The lowest BCUT2D eigenvalue weighted by atomic mass is 10.3. The number of nitrogens with one attached hydrogen (secondary N) is 2. The molecule has 0 saturated heterocycles. The summed E-state index contributed by atoms with van der Waals surface area (Å²) in [7, 11) is 0. The van der Waals surface area contributed by atoms with Crippen molar-refractivity contribution in [3.8, 4) is 0 Å². The van der Waals surface area contributed by atoms with Crippen LogP contribution in [0.3, 0.4) is 0 Å². The number of aromatic nitrogens is 3. The Bertz CT molecular complexity index is 784.